The van der Waals surface area contributed by atoms with Crippen molar-refractivity contribution in [2.75, 3.05) is 0 Å². The molecule has 0 bridgehead atoms. The topological polar surface area (TPSA) is 29.5 Å². The van der Waals surface area contributed by atoms with Gasteiger partial charge >= 0.3 is 0 Å². The van der Waals surface area contributed by atoms with E-state index in [2.05, 4.69) is 94.4 Å². The highest BCUT2D eigenvalue weighted by Crippen LogP contribution is 2.48. The molecule has 0 aliphatic heterocycles. The minimum absolute atomic E-state index is 0.0372. The van der Waals surface area contributed by atoms with Gasteiger partial charge in [-0.05, 0) is 50.9 Å². The van der Waals surface area contributed by atoms with Crippen molar-refractivity contribution in [1.29, 1.82) is 0 Å². The van der Waals surface area contributed by atoms with E-state index < -0.39 is 0 Å². The van der Waals surface area contributed by atoms with Crippen LogP contribution in [-0.4, -0.2) is 15.6 Å². The molecule has 4 rings (SSSR count). The zero-order valence-corrected chi connectivity index (χ0v) is 21.0. The monoisotopic (exact) mass is 426 g/mol. The first-order valence-electron chi connectivity index (χ1n) is 10.8. The lowest BCUT2D eigenvalue weighted by Crippen LogP contribution is -2.15. The summed E-state index contributed by atoms with van der Waals surface area (Å²) in [5.41, 5.74) is 7.85. The summed E-state index contributed by atoms with van der Waals surface area (Å²) in [5.74, 6) is 0.820. The van der Waals surface area contributed by atoms with Crippen LogP contribution < -0.4 is 4.43 Å². The molecular formula is C28H30O2Si. The normalized spacial score (nSPS) is 11.8. The Labute approximate surface area is 188 Å². The van der Waals surface area contributed by atoms with E-state index in [1.807, 2.05) is 6.07 Å². The SMILES string of the molecule is Cc1c(CO)c(O[SiH3])c(-c2ccccc2)c2c(C(C)(C)C)c(-c3ccccc3)ccc12. The number of aliphatic hydroxyl groups is 1. The van der Waals surface area contributed by atoms with Gasteiger partial charge in [0.15, 0.2) is 0 Å². The Balaban J connectivity index is 2.29. The third-order valence-electron chi connectivity index (χ3n) is 6.07. The quantitative estimate of drug-likeness (QED) is 0.410. The fourth-order valence-corrected chi connectivity index (χ4v) is 5.16. The van der Waals surface area contributed by atoms with Crippen molar-refractivity contribution in [3.8, 4) is 28.0 Å². The van der Waals surface area contributed by atoms with Crippen LogP contribution in [-0.2, 0) is 12.0 Å². The van der Waals surface area contributed by atoms with Crippen molar-refractivity contribution in [3.63, 3.8) is 0 Å². The van der Waals surface area contributed by atoms with Crippen molar-refractivity contribution in [2.24, 2.45) is 0 Å². The van der Waals surface area contributed by atoms with Gasteiger partial charge in [-0.1, -0.05) is 93.6 Å². The lowest BCUT2D eigenvalue weighted by atomic mass is 9.75. The first kappa shape index (κ1) is 21.4. The van der Waals surface area contributed by atoms with E-state index in [-0.39, 0.29) is 12.0 Å². The highest BCUT2D eigenvalue weighted by molar-refractivity contribution is 6.09. The third kappa shape index (κ3) is 3.69. The molecule has 0 unspecified atom stereocenters. The largest absolute Gasteiger partial charge is 0.552 e. The average molecular weight is 427 g/mol. The molecule has 4 aromatic carbocycles. The Hall–Kier alpha value is -2.88. The van der Waals surface area contributed by atoms with Gasteiger partial charge in [-0.25, -0.2) is 0 Å². The summed E-state index contributed by atoms with van der Waals surface area (Å²) in [6.07, 6.45) is 0. The van der Waals surface area contributed by atoms with Crippen LogP contribution in [0.25, 0.3) is 33.0 Å². The summed E-state index contributed by atoms with van der Waals surface area (Å²) in [6, 6.07) is 25.5. The number of aryl methyl sites for hydroxylation is 1. The van der Waals surface area contributed by atoms with E-state index in [1.165, 1.54) is 27.5 Å². The highest BCUT2D eigenvalue weighted by Gasteiger charge is 2.28. The molecule has 0 fully saturated rings. The highest BCUT2D eigenvalue weighted by atomic mass is 28.2. The molecule has 0 saturated carbocycles. The maximum atomic E-state index is 10.3. The van der Waals surface area contributed by atoms with Crippen molar-refractivity contribution < 1.29 is 9.53 Å². The number of benzene rings is 4. The molecule has 0 radical (unpaired) electrons. The van der Waals surface area contributed by atoms with E-state index in [0.29, 0.717) is 10.5 Å². The Bertz CT molecular complexity index is 1220. The van der Waals surface area contributed by atoms with Crippen LogP contribution in [0.2, 0.25) is 0 Å². The fraction of sp³-hybridized carbons (Fsp3) is 0.214. The van der Waals surface area contributed by atoms with Crippen LogP contribution in [0.1, 0.15) is 37.5 Å². The molecule has 0 aromatic heterocycles. The van der Waals surface area contributed by atoms with Crippen LogP contribution in [0, 0.1) is 6.92 Å². The number of hydrogen-bond acceptors (Lipinski definition) is 2. The molecule has 158 valence electrons. The lowest BCUT2D eigenvalue weighted by molar-refractivity contribution is 0.278. The second-order valence-electron chi connectivity index (χ2n) is 9.06. The summed E-state index contributed by atoms with van der Waals surface area (Å²) in [4.78, 5) is 0. The number of rotatable bonds is 4. The molecule has 31 heavy (non-hydrogen) atoms. The molecule has 0 heterocycles. The van der Waals surface area contributed by atoms with Gasteiger partial charge in [-0.3, -0.25) is 0 Å². The molecule has 0 saturated heterocycles. The van der Waals surface area contributed by atoms with E-state index in [9.17, 15) is 5.11 Å². The zero-order valence-electron chi connectivity index (χ0n) is 19.0. The van der Waals surface area contributed by atoms with E-state index in [0.717, 1.165) is 28.0 Å². The van der Waals surface area contributed by atoms with Crippen LogP contribution in [0.15, 0.2) is 72.8 Å². The Morgan fingerprint density at radius 3 is 1.94 bits per heavy atom. The second kappa shape index (κ2) is 8.33. The third-order valence-corrected chi connectivity index (χ3v) is 6.48. The van der Waals surface area contributed by atoms with Crippen LogP contribution in [0.5, 0.6) is 5.75 Å². The maximum absolute atomic E-state index is 10.3. The summed E-state index contributed by atoms with van der Waals surface area (Å²) < 4.78 is 6.10. The molecule has 0 aliphatic carbocycles. The standard InChI is InChI=1S/C28H30O2Si/c1-18-21-15-16-22(19-11-7-5-8-12-19)26(28(2,3)4)25(21)24(20-13-9-6-10-14-20)27(30-31)23(18)17-29/h5-16,29H,17H2,1-4,31H3. The van der Waals surface area contributed by atoms with Gasteiger partial charge < -0.3 is 9.53 Å². The Morgan fingerprint density at radius 2 is 1.42 bits per heavy atom. The average Bonchev–Trinajstić information content (AvgIpc) is 2.78. The van der Waals surface area contributed by atoms with Crippen molar-refractivity contribution in [3.05, 3.63) is 89.5 Å². The van der Waals surface area contributed by atoms with Gasteiger partial charge in [-0.2, -0.15) is 0 Å². The summed E-state index contributed by atoms with van der Waals surface area (Å²) in [5, 5.41) is 12.7. The summed E-state index contributed by atoms with van der Waals surface area (Å²) in [6.45, 7) is 8.89. The number of hydrogen-bond donors (Lipinski definition) is 1. The van der Waals surface area contributed by atoms with Crippen molar-refractivity contribution in [2.45, 2.75) is 39.7 Å². The fourth-order valence-electron chi connectivity index (χ4n) is 4.71. The molecule has 2 nitrogen and oxygen atoms in total. The molecule has 3 heteroatoms. The molecular weight excluding hydrogens is 396 g/mol. The van der Waals surface area contributed by atoms with Crippen molar-refractivity contribution in [1.82, 2.24) is 0 Å². The molecule has 4 aromatic rings. The number of aliphatic hydroxyl groups excluding tert-OH is 1. The van der Waals surface area contributed by atoms with Gasteiger partial charge in [0.1, 0.15) is 5.75 Å². The molecule has 0 spiro atoms. The lowest BCUT2D eigenvalue weighted by Gasteiger charge is -2.29. The van der Waals surface area contributed by atoms with Gasteiger partial charge in [-0.15, -0.1) is 0 Å². The molecule has 1 N–H and O–H groups in total. The van der Waals surface area contributed by atoms with Crippen LogP contribution >= 0.6 is 0 Å². The van der Waals surface area contributed by atoms with Gasteiger partial charge in [0.2, 0.25) is 10.5 Å². The predicted octanol–water partition coefficient (Wildman–Crippen LogP) is 5.93. The van der Waals surface area contributed by atoms with Crippen LogP contribution in [0.4, 0.5) is 0 Å². The summed E-state index contributed by atoms with van der Waals surface area (Å²) >= 11 is 0. The first-order chi connectivity index (χ1) is 14.9. The predicted molar refractivity (Wildman–Crippen MR) is 135 cm³/mol. The van der Waals surface area contributed by atoms with Gasteiger partial charge in [0.25, 0.3) is 0 Å². The van der Waals surface area contributed by atoms with E-state index >= 15 is 0 Å². The minimum Gasteiger partial charge on any atom is -0.552 e. The Morgan fingerprint density at radius 1 is 0.839 bits per heavy atom. The zero-order chi connectivity index (χ0) is 22.2. The van der Waals surface area contributed by atoms with E-state index in [1.54, 1.807) is 0 Å². The second-order valence-corrected chi connectivity index (χ2v) is 9.47. The van der Waals surface area contributed by atoms with Gasteiger partial charge in [0, 0.05) is 11.1 Å². The van der Waals surface area contributed by atoms with Gasteiger partial charge in [0.05, 0.1) is 6.61 Å². The summed E-state index contributed by atoms with van der Waals surface area (Å²) in [7, 11) is 0.553. The van der Waals surface area contributed by atoms with E-state index in [4.69, 9.17) is 4.43 Å². The maximum Gasteiger partial charge on any atom is 0.204 e. The first-order valence-corrected chi connectivity index (χ1v) is 11.6. The van der Waals surface area contributed by atoms with Crippen LogP contribution in [0.3, 0.4) is 0 Å². The smallest absolute Gasteiger partial charge is 0.204 e. The minimum atomic E-state index is -0.0934. The molecule has 0 atom stereocenters. The Kier molecular flexibility index (Phi) is 5.74. The number of fused-ring (bicyclic) bond motifs is 1. The molecule has 0 aliphatic rings. The van der Waals surface area contributed by atoms with Crippen molar-refractivity contribution >= 4 is 21.3 Å². The molecule has 0 amide bonds.